The van der Waals surface area contributed by atoms with Gasteiger partial charge in [-0.3, -0.25) is 4.79 Å². The van der Waals surface area contributed by atoms with Crippen LogP contribution in [-0.2, 0) is 16.2 Å². The maximum atomic E-state index is 12.9. The Morgan fingerprint density at radius 3 is 2.34 bits per heavy atom. The van der Waals surface area contributed by atoms with Crippen LogP contribution in [0.1, 0.15) is 36.6 Å². The third-order valence-electron chi connectivity index (χ3n) is 5.21. The number of anilines is 1. The number of carboxylic acid groups (broad SMARTS) is 1. The maximum Gasteiger partial charge on any atom is 0.328 e. The molecule has 3 aromatic rings. The van der Waals surface area contributed by atoms with Crippen LogP contribution < -0.4 is 9.64 Å². The highest BCUT2D eigenvalue weighted by Gasteiger charge is 2.25. The lowest BCUT2D eigenvalue weighted by Crippen LogP contribution is -2.34. The molecule has 0 saturated carbocycles. The summed E-state index contributed by atoms with van der Waals surface area (Å²) in [5, 5.41) is 20.8. The van der Waals surface area contributed by atoms with Crippen LogP contribution in [-0.4, -0.2) is 28.6 Å². The molecule has 0 saturated heterocycles. The first-order chi connectivity index (χ1) is 16.8. The molecular formula is C28H28ClNO5. The number of benzene rings is 3. The van der Waals surface area contributed by atoms with Crippen molar-refractivity contribution in [2.45, 2.75) is 26.6 Å². The van der Waals surface area contributed by atoms with Gasteiger partial charge in [0.15, 0.2) is 0 Å². The summed E-state index contributed by atoms with van der Waals surface area (Å²) >= 11 is 6.28. The Morgan fingerprint density at radius 2 is 1.66 bits per heavy atom. The average Bonchev–Trinajstić information content (AvgIpc) is 2.85. The Labute approximate surface area is 210 Å². The van der Waals surface area contributed by atoms with Gasteiger partial charge in [-0.25, -0.2) is 4.79 Å². The van der Waals surface area contributed by atoms with Crippen molar-refractivity contribution in [1.82, 2.24) is 0 Å². The van der Waals surface area contributed by atoms with Crippen molar-refractivity contribution in [2.75, 3.05) is 11.4 Å². The van der Waals surface area contributed by atoms with Crippen LogP contribution in [0.25, 0.3) is 0 Å². The second-order valence-corrected chi connectivity index (χ2v) is 8.87. The number of carboxylic acids is 1. The zero-order chi connectivity index (χ0) is 25.4. The molecule has 0 aromatic heterocycles. The average molecular weight is 494 g/mol. The molecule has 1 unspecified atom stereocenters. The smallest absolute Gasteiger partial charge is 0.328 e. The minimum absolute atomic E-state index is 0.0827. The van der Waals surface area contributed by atoms with Crippen molar-refractivity contribution in [3.8, 4) is 5.75 Å². The fourth-order valence-electron chi connectivity index (χ4n) is 3.64. The van der Waals surface area contributed by atoms with Crippen LogP contribution in [0.15, 0.2) is 84.9 Å². The fraction of sp³-hybridized carbons (Fsp3) is 0.214. The molecule has 0 aliphatic rings. The van der Waals surface area contributed by atoms with Crippen molar-refractivity contribution < 1.29 is 24.5 Å². The van der Waals surface area contributed by atoms with Gasteiger partial charge in [-0.2, -0.15) is 0 Å². The van der Waals surface area contributed by atoms with E-state index in [4.69, 9.17) is 21.4 Å². The minimum atomic E-state index is -1.22. The van der Waals surface area contributed by atoms with Crippen molar-refractivity contribution >= 4 is 29.2 Å². The van der Waals surface area contributed by atoms with Crippen LogP contribution in [0.3, 0.4) is 0 Å². The van der Waals surface area contributed by atoms with E-state index in [2.05, 4.69) is 0 Å². The van der Waals surface area contributed by atoms with Gasteiger partial charge < -0.3 is 19.8 Å². The molecule has 0 radical (unpaired) electrons. The molecule has 0 fully saturated rings. The predicted octanol–water partition coefficient (Wildman–Crippen LogP) is 5.63. The number of aliphatic carboxylic acids is 1. The number of carbonyl (C=O) groups is 2. The molecule has 1 atom stereocenters. The van der Waals surface area contributed by atoms with Gasteiger partial charge in [0, 0.05) is 34.8 Å². The molecule has 35 heavy (non-hydrogen) atoms. The van der Waals surface area contributed by atoms with Gasteiger partial charge >= 0.3 is 5.97 Å². The number of carbonyl (C=O) groups excluding carboxylic acids is 1. The highest BCUT2D eigenvalue weighted by Crippen LogP contribution is 2.37. The Bertz CT molecular complexity index is 1190. The number of hydrogen-bond acceptors (Lipinski definition) is 4. The Hall–Kier alpha value is -3.61. The summed E-state index contributed by atoms with van der Waals surface area (Å²) in [4.78, 5) is 25.4. The summed E-state index contributed by atoms with van der Waals surface area (Å²) in [5.74, 6) is -1.14. The van der Waals surface area contributed by atoms with E-state index < -0.39 is 18.0 Å². The van der Waals surface area contributed by atoms with E-state index in [0.29, 0.717) is 40.7 Å². The van der Waals surface area contributed by atoms with Gasteiger partial charge in [-0.05, 0) is 35.7 Å². The summed E-state index contributed by atoms with van der Waals surface area (Å²) in [6, 6.07) is 21.7. The number of nitrogens with zero attached hydrogens (tertiary/aromatic N) is 1. The molecule has 0 aliphatic carbocycles. The SMILES string of the molecule is CC(C)CN(C(=O)C=CC(=O)O)c1ccc(Cl)cc1C(O)c1ccccc1OCc1ccccc1. The highest BCUT2D eigenvalue weighted by atomic mass is 35.5. The summed E-state index contributed by atoms with van der Waals surface area (Å²) in [5.41, 5.74) is 2.35. The lowest BCUT2D eigenvalue weighted by molar-refractivity contribution is -0.131. The van der Waals surface area contributed by atoms with Crippen molar-refractivity contribution in [3.05, 3.63) is 107 Å². The lowest BCUT2D eigenvalue weighted by atomic mass is 9.97. The molecule has 0 heterocycles. The molecule has 6 nitrogen and oxygen atoms in total. The van der Waals surface area contributed by atoms with Gasteiger partial charge in [0.05, 0.1) is 5.69 Å². The van der Waals surface area contributed by atoms with E-state index >= 15 is 0 Å². The molecule has 3 rings (SSSR count). The number of hydrogen-bond donors (Lipinski definition) is 2. The Kier molecular flexibility index (Phi) is 9.06. The second kappa shape index (κ2) is 12.2. The summed E-state index contributed by atoms with van der Waals surface area (Å²) in [6.45, 7) is 4.53. The summed E-state index contributed by atoms with van der Waals surface area (Å²) in [7, 11) is 0. The Balaban J connectivity index is 2.00. The van der Waals surface area contributed by atoms with E-state index in [1.807, 2.05) is 50.2 Å². The van der Waals surface area contributed by atoms with Crippen molar-refractivity contribution in [3.63, 3.8) is 0 Å². The monoisotopic (exact) mass is 493 g/mol. The topological polar surface area (TPSA) is 87.1 Å². The van der Waals surface area contributed by atoms with Gasteiger partial charge in [-0.15, -0.1) is 0 Å². The van der Waals surface area contributed by atoms with Crippen molar-refractivity contribution in [1.29, 1.82) is 0 Å². The third kappa shape index (κ3) is 7.18. The molecule has 1 amide bonds. The summed E-state index contributed by atoms with van der Waals surface area (Å²) in [6.07, 6.45) is 0.655. The van der Waals surface area contributed by atoms with Gasteiger partial charge in [0.25, 0.3) is 5.91 Å². The largest absolute Gasteiger partial charge is 0.489 e. The molecule has 3 aromatic carbocycles. The number of aliphatic hydroxyl groups excluding tert-OH is 1. The number of amides is 1. The van der Waals surface area contributed by atoms with E-state index in [0.717, 1.165) is 17.7 Å². The first kappa shape index (κ1) is 26.0. The molecule has 0 bridgehead atoms. The van der Waals surface area contributed by atoms with Crippen LogP contribution in [0, 0.1) is 5.92 Å². The lowest BCUT2D eigenvalue weighted by Gasteiger charge is -2.28. The molecule has 182 valence electrons. The normalized spacial score (nSPS) is 12.0. The second-order valence-electron chi connectivity index (χ2n) is 8.43. The van der Waals surface area contributed by atoms with E-state index in [9.17, 15) is 14.7 Å². The molecule has 2 N–H and O–H groups in total. The van der Waals surface area contributed by atoms with Gasteiger partial charge in [0.1, 0.15) is 18.5 Å². The molecular weight excluding hydrogens is 466 g/mol. The quantitative estimate of drug-likeness (QED) is 0.357. The van der Waals surface area contributed by atoms with Crippen LogP contribution in [0.5, 0.6) is 5.75 Å². The number of halogens is 1. The first-order valence-corrected chi connectivity index (χ1v) is 11.6. The number of para-hydroxylation sites is 1. The van der Waals surface area contributed by atoms with Gasteiger partial charge in [0.2, 0.25) is 0 Å². The van der Waals surface area contributed by atoms with Crippen LogP contribution in [0.2, 0.25) is 5.02 Å². The minimum Gasteiger partial charge on any atom is -0.489 e. The third-order valence-corrected chi connectivity index (χ3v) is 5.44. The zero-order valence-electron chi connectivity index (χ0n) is 19.6. The highest BCUT2D eigenvalue weighted by molar-refractivity contribution is 6.30. The van der Waals surface area contributed by atoms with Gasteiger partial charge in [-0.1, -0.05) is 74.0 Å². The van der Waals surface area contributed by atoms with E-state index in [1.165, 1.54) is 4.90 Å². The number of aliphatic hydroxyl groups is 1. The molecule has 0 spiro atoms. The predicted molar refractivity (Wildman–Crippen MR) is 137 cm³/mol. The number of ether oxygens (including phenoxy) is 1. The number of rotatable bonds is 10. The summed E-state index contributed by atoms with van der Waals surface area (Å²) < 4.78 is 6.02. The molecule has 0 aliphatic heterocycles. The Morgan fingerprint density at radius 1 is 0.971 bits per heavy atom. The van der Waals surface area contributed by atoms with E-state index in [-0.39, 0.29) is 5.92 Å². The molecule has 7 heteroatoms. The zero-order valence-corrected chi connectivity index (χ0v) is 20.4. The van der Waals surface area contributed by atoms with Crippen LogP contribution >= 0.6 is 11.6 Å². The fourth-order valence-corrected chi connectivity index (χ4v) is 3.82. The van der Waals surface area contributed by atoms with E-state index in [1.54, 1.807) is 36.4 Å². The van der Waals surface area contributed by atoms with Crippen molar-refractivity contribution in [2.24, 2.45) is 5.92 Å². The van der Waals surface area contributed by atoms with Crippen LogP contribution in [0.4, 0.5) is 5.69 Å². The first-order valence-electron chi connectivity index (χ1n) is 11.2. The standard InChI is InChI=1S/C28H28ClNO5/c1-19(2)17-30(26(31)14-15-27(32)33)24-13-12-21(29)16-23(24)28(34)22-10-6-7-11-25(22)35-18-20-8-4-3-5-9-20/h3-16,19,28,34H,17-18H2,1-2H3,(H,32,33). The maximum absolute atomic E-state index is 12.9.